The molecule has 8 nitrogen and oxygen atoms in total. The fraction of sp³-hybridized carbons (Fsp3) is 0.300. The zero-order chi connectivity index (χ0) is 14.2. The van der Waals surface area contributed by atoms with Gasteiger partial charge < -0.3 is 5.11 Å². The van der Waals surface area contributed by atoms with Crippen LogP contribution in [0.15, 0.2) is 18.2 Å². The number of aromatic carboxylic acids is 1. The van der Waals surface area contributed by atoms with Gasteiger partial charge in [0.1, 0.15) is 0 Å². The number of carboxylic acids is 1. The minimum atomic E-state index is -3.53. The van der Waals surface area contributed by atoms with Crippen LogP contribution in [-0.2, 0) is 10.0 Å². The van der Waals surface area contributed by atoms with Crippen LogP contribution < -0.4 is 4.31 Å². The summed E-state index contributed by atoms with van der Waals surface area (Å²) in [4.78, 5) is 21.0. The molecule has 0 amide bonds. The summed E-state index contributed by atoms with van der Waals surface area (Å²) in [5, 5.41) is 19.7. The van der Waals surface area contributed by atoms with Gasteiger partial charge in [-0.2, -0.15) is 0 Å². The third-order valence-electron chi connectivity index (χ3n) is 2.79. The fourth-order valence-corrected chi connectivity index (χ4v) is 3.52. The molecule has 0 aromatic heterocycles. The van der Waals surface area contributed by atoms with Gasteiger partial charge in [-0.3, -0.25) is 14.4 Å². The topological polar surface area (TPSA) is 118 Å². The van der Waals surface area contributed by atoms with Crippen LogP contribution in [0.4, 0.5) is 11.4 Å². The van der Waals surface area contributed by atoms with Crippen molar-refractivity contribution in [2.24, 2.45) is 0 Å². The highest BCUT2D eigenvalue weighted by Crippen LogP contribution is 2.30. The van der Waals surface area contributed by atoms with E-state index in [1.165, 1.54) is 0 Å². The molecule has 0 spiro atoms. The van der Waals surface area contributed by atoms with E-state index in [9.17, 15) is 23.3 Å². The molecule has 0 atom stereocenters. The van der Waals surface area contributed by atoms with E-state index in [1.54, 1.807) is 0 Å². The summed E-state index contributed by atoms with van der Waals surface area (Å²) < 4.78 is 24.5. The highest BCUT2D eigenvalue weighted by atomic mass is 32.2. The van der Waals surface area contributed by atoms with Gasteiger partial charge in [-0.15, -0.1) is 0 Å². The molecule has 1 aliphatic rings. The van der Waals surface area contributed by atoms with Crippen molar-refractivity contribution in [3.05, 3.63) is 33.9 Å². The molecule has 1 heterocycles. The minimum Gasteiger partial charge on any atom is -0.478 e. The maximum absolute atomic E-state index is 11.8. The molecule has 0 unspecified atom stereocenters. The Balaban J connectivity index is 2.58. The Morgan fingerprint density at radius 3 is 2.58 bits per heavy atom. The van der Waals surface area contributed by atoms with Gasteiger partial charge in [0.05, 0.1) is 21.9 Å². The molecular weight excluding hydrogens is 276 g/mol. The Kier molecular flexibility index (Phi) is 3.14. The first-order chi connectivity index (χ1) is 8.83. The fourth-order valence-electron chi connectivity index (χ4n) is 1.94. The maximum atomic E-state index is 11.8. The SMILES string of the molecule is O=C(O)c1cc([N+](=O)[O-])ccc1N1CCCS1(=O)=O. The van der Waals surface area contributed by atoms with Gasteiger partial charge in [-0.05, 0) is 12.5 Å². The average Bonchev–Trinajstić information content (AvgIpc) is 2.67. The number of hydrogen-bond donors (Lipinski definition) is 1. The van der Waals surface area contributed by atoms with Crippen molar-refractivity contribution in [2.45, 2.75) is 6.42 Å². The van der Waals surface area contributed by atoms with E-state index in [-0.39, 0.29) is 23.5 Å². The number of carbonyl (C=O) groups is 1. The summed E-state index contributed by atoms with van der Waals surface area (Å²) >= 11 is 0. The van der Waals surface area contributed by atoms with E-state index in [2.05, 4.69) is 0 Å². The van der Waals surface area contributed by atoms with Gasteiger partial charge in [0.15, 0.2) is 0 Å². The van der Waals surface area contributed by atoms with Crippen LogP contribution in [-0.4, -0.2) is 36.7 Å². The van der Waals surface area contributed by atoms with Crippen LogP contribution in [0.25, 0.3) is 0 Å². The molecule has 1 fully saturated rings. The Labute approximate surface area is 108 Å². The molecule has 1 aromatic carbocycles. The molecule has 0 radical (unpaired) electrons. The maximum Gasteiger partial charge on any atom is 0.338 e. The van der Waals surface area contributed by atoms with E-state index in [4.69, 9.17) is 5.11 Å². The number of nitro groups is 1. The van der Waals surface area contributed by atoms with Crippen molar-refractivity contribution in [3.63, 3.8) is 0 Å². The summed E-state index contributed by atoms with van der Waals surface area (Å²) in [5.41, 5.74) is -0.812. The van der Waals surface area contributed by atoms with Crippen LogP contribution in [0.2, 0.25) is 0 Å². The molecule has 0 saturated carbocycles. The molecule has 9 heteroatoms. The zero-order valence-electron chi connectivity index (χ0n) is 9.64. The van der Waals surface area contributed by atoms with Gasteiger partial charge in [0.25, 0.3) is 5.69 Å². The van der Waals surface area contributed by atoms with E-state index >= 15 is 0 Å². The summed E-state index contributed by atoms with van der Waals surface area (Å²) in [6.07, 6.45) is 0.401. The van der Waals surface area contributed by atoms with Crippen LogP contribution in [0.1, 0.15) is 16.8 Å². The number of carboxylic acid groups (broad SMARTS) is 1. The zero-order valence-corrected chi connectivity index (χ0v) is 10.5. The number of rotatable bonds is 3. The Morgan fingerprint density at radius 1 is 1.42 bits per heavy atom. The second-order valence-electron chi connectivity index (χ2n) is 4.01. The first kappa shape index (κ1) is 13.3. The largest absolute Gasteiger partial charge is 0.478 e. The normalized spacial score (nSPS) is 17.4. The quantitative estimate of drug-likeness (QED) is 0.649. The standard InChI is InChI=1S/C10H10N2O6S/c13-10(14)8-6-7(12(15)16)2-3-9(8)11-4-1-5-19(11,17)18/h2-3,6H,1,4-5H2,(H,13,14). The van der Waals surface area contributed by atoms with Crippen molar-refractivity contribution in [1.29, 1.82) is 0 Å². The monoisotopic (exact) mass is 286 g/mol. The van der Waals surface area contributed by atoms with Gasteiger partial charge in [-0.25, -0.2) is 13.2 Å². The summed E-state index contributed by atoms with van der Waals surface area (Å²) in [7, 11) is -3.53. The predicted molar refractivity (Wildman–Crippen MR) is 65.8 cm³/mol. The van der Waals surface area contributed by atoms with Gasteiger partial charge >= 0.3 is 5.97 Å². The third-order valence-corrected chi connectivity index (χ3v) is 4.64. The molecule has 1 aliphatic heterocycles. The molecular formula is C10H10N2O6S. The van der Waals surface area contributed by atoms with Crippen molar-refractivity contribution in [2.75, 3.05) is 16.6 Å². The molecule has 102 valence electrons. The van der Waals surface area contributed by atoms with E-state index in [1.807, 2.05) is 0 Å². The van der Waals surface area contributed by atoms with Crippen LogP contribution in [0.3, 0.4) is 0 Å². The lowest BCUT2D eigenvalue weighted by Gasteiger charge is -2.18. The molecule has 1 aromatic rings. The van der Waals surface area contributed by atoms with Crippen LogP contribution in [0, 0.1) is 10.1 Å². The first-order valence-electron chi connectivity index (χ1n) is 5.35. The molecule has 2 rings (SSSR count). The summed E-state index contributed by atoms with van der Waals surface area (Å²) in [6, 6.07) is 3.12. The van der Waals surface area contributed by atoms with Crippen LogP contribution in [0.5, 0.6) is 0 Å². The lowest BCUT2D eigenvalue weighted by Crippen LogP contribution is -2.27. The van der Waals surface area contributed by atoms with Crippen molar-refractivity contribution in [3.8, 4) is 0 Å². The van der Waals surface area contributed by atoms with Crippen molar-refractivity contribution in [1.82, 2.24) is 0 Å². The van der Waals surface area contributed by atoms with Gasteiger partial charge in [0.2, 0.25) is 10.0 Å². The number of anilines is 1. The summed E-state index contributed by atoms with van der Waals surface area (Å²) in [6.45, 7) is 0.181. The van der Waals surface area contributed by atoms with Crippen molar-refractivity contribution >= 4 is 27.4 Å². The average molecular weight is 286 g/mol. The third kappa shape index (κ3) is 2.36. The Morgan fingerprint density at radius 2 is 2.11 bits per heavy atom. The second-order valence-corrected chi connectivity index (χ2v) is 6.02. The lowest BCUT2D eigenvalue weighted by atomic mass is 10.1. The molecule has 0 aliphatic carbocycles. The number of hydrogen-bond acceptors (Lipinski definition) is 5. The number of nitrogens with zero attached hydrogens (tertiary/aromatic N) is 2. The molecule has 0 bridgehead atoms. The molecule has 19 heavy (non-hydrogen) atoms. The molecule has 1 N–H and O–H groups in total. The highest BCUT2D eigenvalue weighted by Gasteiger charge is 2.32. The van der Waals surface area contributed by atoms with Crippen LogP contribution >= 0.6 is 0 Å². The number of sulfonamides is 1. The first-order valence-corrected chi connectivity index (χ1v) is 6.96. The number of benzene rings is 1. The van der Waals surface area contributed by atoms with E-state index in [0.29, 0.717) is 6.42 Å². The summed E-state index contributed by atoms with van der Waals surface area (Å²) in [5.74, 6) is -1.45. The predicted octanol–water partition coefficient (Wildman–Crippen LogP) is 0.833. The second kappa shape index (κ2) is 4.50. The van der Waals surface area contributed by atoms with Gasteiger partial charge in [-0.1, -0.05) is 0 Å². The highest BCUT2D eigenvalue weighted by molar-refractivity contribution is 7.93. The van der Waals surface area contributed by atoms with E-state index in [0.717, 1.165) is 22.5 Å². The Bertz CT molecular complexity index is 654. The number of non-ortho nitro benzene ring substituents is 1. The lowest BCUT2D eigenvalue weighted by molar-refractivity contribution is -0.384. The molecule has 1 saturated heterocycles. The Hall–Kier alpha value is -2.16. The smallest absolute Gasteiger partial charge is 0.338 e. The van der Waals surface area contributed by atoms with E-state index < -0.39 is 26.6 Å². The van der Waals surface area contributed by atoms with Gasteiger partial charge in [0, 0.05) is 18.7 Å². The van der Waals surface area contributed by atoms with Crippen molar-refractivity contribution < 1.29 is 23.2 Å². The minimum absolute atomic E-state index is 0.0319. The number of nitro benzene ring substituents is 1.